The maximum atomic E-state index is 13.6. The molecule has 2 rings (SSSR count). The Morgan fingerprint density at radius 2 is 1.57 bits per heavy atom. The molecule has 0 unspecified atom stereocenters. The van der Waals surface area contributed by atoms with Crippen molar-refractivity contribution in [3.05, 3.63) is 53.6 Å². The third-order valence-corrected chi connectivity index (χ3v) is 5.42. The lowest BCUT2D eigenvalue weighted by Gasteiger charge is -2.11. The second kappa shape index (κ2) is 5.87. The highest BCUT2D eigenvalue weighted by molar-refractivity contribution is 7.92. The molecule has 0 aliphatic carbocycles. The lowest BCUT2D eigenvalue weighted by atomic mass is 10.2. The number of halogens is 2. The van der Waals surface area contributed by atoms with E-state index in [1.807, 2.05) is 4.72 Å². The number of benzene rings is 2. The summed E-state index contributed by atoms with van der Waals surface area (Å²) in [6.07, 6.45) is 0. The van der Waals surface area contributed by atoms with Gasteiger partial charge >= 0.3 is 0 Å². The number of sulfonamides is 2. The summed E-state index contributed by atoms with van der Waals surface area (Å²) < 4.78 is 76.2. The SMILES string of the molecule is Cc1ccc(NS(=O)(=O)c2c(F)cccc2F)cc1S(N)(=O)=O. The number of primary sulfonamides is 1. The van der Waals surface area contributed by atoms with Crippen LogP contribution in [0.3, 0.4) is 0 Å². The molecule has 0 amide bonds. The van der Waals surface area contributed by atoms with Gasteiger partial charge in [-0.1, -0.05) is 12.1 Å². The standard InChI is InChI=1S/C13H12F2N2O4S2/c1-8-5-6-9(7-12(8)22(16,18)19)17-23(20,21)13-10(14)3-2-4-11(13)15/h2-7,17H,1H3,(H2,16,18,19). The highest BCUT2D eigenvalue weighted by atomic mass is 32.2. The van der Waals surface area contributed by atoms with E-state index in [1.54, 1.807) is 0 Å². The predicted molar refractivity (Wildman–Crippen MR) is 79.7 cm³/mol. The third kappa shape index (κ3) is 3.66. The number of hydrogen-bond donors (Lipinski definition) is 2. The summed E-state index contributed by atoms with van der Waals surface area (Å²) in [7, 11) is -8.66. The van der Waals surface area contributed by atoms with Crippen LogP contribution in [0.1, 0.15) is 5.56 Å². The molecule has 0 aliphatic rings. The van der Waals surface area contributed by atoms with Crippen LogP contribution in [0.15, 0.2) is 46.2 Å². The Labute approximate surface area is 132 Å². The van der Waals surface area contributed by atoms with Crippen molar-refractivity contribution in [2.24, 2.45) is 5.14 Å². The van der Waals surface area contributed by atoms with Gasteiger partial charge in [0.15, 0.2) is 4.90 Å². The molecule has 0 spiro atoms. The van der Waals surface area contributed by atoms with E-state index in [0.29, 0.717) is 5.56 Å². The molecular weight excluding hydrogens is 350 g/mol. The maximum absolute atomic E-state index is 13.6. The minimum atomic E-state index is -4.59. The van der Waals surface area contributed by atoms with E-state index in [1.165, 1.54) is 19.1 Å². The number of hydrogen-bond acceptors (Lipinski definition) is 4. The summed E-state index contributed by atoms with van der Waals surface area (Å²) in [4.78, 5) is -1.45. The lowest BCUT2D eigenvalue weighted by Crippen LogP contribution is -2.18. The number of anilines is 1. The Balaban J connectivity index is 2.51. The summed E-state index contributed by atoms with van der Waals surface area (Å²) in [5.74, 6) is -2.53. The zero-order valence-electron chi connectivity index (χ0n) is 11.7. The van der Waals surface area contributed by atoms with Gasteiger partial charge in [0, 0.05) is 0 Å². The Morgan fingerprint density at radius 3 is 2.09 bits per heavy atom. The largest absolute Gasteiger partial charge is 0.279 e. The first-order chi connectivity index (χ1) is 10.5. The lowest BCUT2D eigenvalue weighted by molar-refractivity contribution is 0.521. The fraction of sp³-hybridized carbons (Fsp3) is 0.0769. The summed E-state index contributed by atoms with van der Waals surface area (Å²) in [5, 5.41) is 5.02. The molecule has 0 atom stereocenters. The smallest absolute Gasteiger partial charge is 0.267 e. The Hall–Kier alpha value is -2.04. The van der Waals surface area contributed by atoms with Crippen LogP contribution in [0.25, 0.3) is 0 Å². The molecule has 23 heavy (non-hydrogen) atoms. The van der Waals surface area contributed by atoms with Crippen LogP contribution < -0.4 is 9.86 Å². The van der Waals surface area contributed by atoms with Crippen LogP contribution in [-0.4, -0.2) is 16.8 Å². The van der Waals surface area contributed by atoms with E-state index < -0.39 is 36.6 Å². The molecule has 3 N–H and O–H groups in total. The molecule has 0 bridgehead atoms. The second-order valence-electron chi connectivity index (χ2n) is 4.68. The Bertz CT molecular complexity index is 953. The molecule has 0 fully saturated rings. The highest BCUT2D eigenvalue weighted by Gasteiger charge is 2.24. The second-order valence-corrected chi connectivity index (χ2v) is 7.83. The van der Waals surface area contributed by atoms with E-state index in [2.05, 4.69) is 0 Å². The average Bonchev–Trinajstić information content (AvgIpc) is 2.39. The maximum Gasteiger partial charge on any atom is 0.267 e. The molecule has 6 nitrogen and oxygen atoms in total. The minimum Gasteiger partial charge on any atom is -0.279 e. The van der Waals surface area contributed by atoms with Gasteiger partial charge in [-0.2, -0.15) is 0 Å². The van der Waals surface area contributed by atoms with E-state index in [-0.39, 0.29) is 10.6 Å². The van der Waals surface area contributed by atoms with Gasteiger partial charge in [0.25, 0.3) is 10.0 Å². The fourth-order valence-corrected chi connectivity index (χ4v) is 3.91. The van der Waals surface area contributed by atoms with Crippen molar-refractivity contribution in [2.75, 3.05) is 4.72 Å². The van der Waals surface area contributed by atoms with Crippen LogP contribution >= 0.6 is 0 Å². The van der Waals surface area contributed by atoms with Crippen LogP contribution in [-0.2, 0) is 20.0 Å². The monoisotopic (exact) mass is 362 g/mol. The predicted octanol–water partition coefficient (Wildman–Crippen LogP) is 1.72. The van der Waals surface area contributed by atoms with E-state index in [9.17, 15) is 25.6 Å². The molecule has 0 aromatic heterocycles. The van der Waals surface area contributed by atoms with Crippen molar-refractivity contribution in [1.82, 2.24) is 0 Å². The summed E-state index contributed by atoms with van der Waals surface area (Å²) in [6, 6.07) is 6.15. The quantitative estimate of drug-likeness (QED) is 0.864. The molecule has 2 aromatic rings. The average molecular weight is 362 g/mol. The van der Waals surface area contributed by atoms with Gasteiger partial charge in [0.1, 0.15) is 11.6 Å². The first-order valence-corrected chi connectivity index (χ1v) is 9.15. The summed E-state index contributed by atoms with van der Waals surface area (Å²) in [6.45, 7) is 1.47. The first kappa shape index (κ1) is 17.3. The number of rotatable bonds is 4. The van der Waals surface area contributed by atoms with E-state index >= 15 is 0 Å². The van der Waals surface area contributed by atoms with Crippen LogP contribution in [0.4, 0.5) is 14.5 Å². The molecule has 10 heteroatoms. The molecule has 2 aromatic carbocycles. The first-order valence-electron chi connectivity index (χ1n) is 6.12. The summed E-state index contributed by atoms with van der Waals surface area (Å²) >= 11 is 0. The summed E-state index contributed by atoms with van der Waals surface area (Å²) in [5.41, 5.74) is 0.106. The number of nitrogens with two attached hydrogens (primary N) is 1. The zero-order valence-corrected chi connectivity index (χ0v) is 13.4. The third-order valence-electron chi connectivity index (χ3n) is 2.93. The molecule has 0 radical (unpaired) electrons. The van der Waals surface area contributed by atoms with Crippen molar-refractivity contribution in [2.45, 2.75) is 16.7 Å². The number of aryl methyl sites for hydroxylation is 1. The Kier molecular flexibility index (Phi) is 4.42. The van der Waals surface area contributed by atoms with E-state index in [0.717, 1.165) is 24.3 Å². The van der Waals surface area contributed by atoms with E-state index in [4.69, 9.17) is 5.14 Å². The van der Waals surface area contributed by atoms with Gasteiger partial charge in [-0.3, -0.25) is 4.72 Å². The van der Waals surface area contributed by atoms with Crippen molar-refractivity contribution in [3.63, 3.8) is 0 Å². The van der Waals surface area contributed by atoms with Crippen molar-refractivity contribution in [1.29, 1.82) is 0 Å². The molecular formula is C13H12F2N2O4S2. The van der Waals surface area contributed by atoms with Gasteiger partial charge in [0.2, 0.25) is 10.0 Å². The molecule has 0 saturated heterocycles. The van der Waals surface area contributed by atoms with Crippen LogP contribution in [0.2, 0.25) is 0 Å². The van der Waals surface area contributed by atoms with Crippen molar-refractivity contribution < 1.29 is 25.6 Å². The molecule has 124 valence electrons. The minimum absolute atomic E-state index is 0.192. The Morgan fingerprint density at radius 1 is 1.00 bits per heavy atom. The topological polar surface area (TPSA) is 106 Å². The van der Waals surface area contributed by atoms with Gasteiger partial charge in [0.05, 0.1) is 10.6 Å². The van der Waals surface area contributed by atoms with Crippen molar-refractivity contribution >= 4 is 25.7 Å². The molecule has 0 heterocycles. The molecule has 0 aliphatic heterocycles. The van der Waals surface area contributed by atoms with Gasteiger partial charge < -0.3 is 0 Å². The number of nitrogens with one attached hydrogen (secondary N) is 1. The zero-order chi connectivity index (χ0) is 17.4. The molecule has 0 saturated carbocycles. The van der Waals surface area contributed by atoms with Gasteiger partial charge in [-0.15, -0.1) is 0 Å². The fourth-order valence-electron chi connectivity index (χ4n) is 1.92. The van der Waals surface area contributed by atoms with Gasteiger partial charge in [-0.05, 0) is 36.8 Å². The van der Waals surface area contributed by atoms with Crippen molar-refractivity contribution in [3.8, 4) is 0 Å². The van der Waals surface area contributed by atoms with Gasteiger partial charge in [-0.25, -0.2) is 30.8 Å². The normalized spacial score (nSPS) is 12.2. The highest BCUT2D eigenvalue weighted by Crippen LogP contribution is 2.24. The van der Waals surface area contributed by atoms with Crippen LogP contribution in [0, 0.1) is 18.6 Å². The van der Waals surface area contributed by atoms with Crippen LogP contribution in [0.5, 0.6) is 0 Å².